The molecule has 106 valence electrons. The maximum Gasteiger partial charge on any atom is 0.416 e. The van der Waals surface area contributed by atoms with E-state index in [1.165, 1.54) is 12.1 Å². The molecule has 20 heavy (non-hydrogen) atoms. The van der Waals surface area contributed by atoms with Gasteiger partial charge in [-0.25, -0.2) is 0 Å². The summed E-state index contributed by atoms with van der Waals surface area (Å²) in [7, 11) is 1.75. The molecule has 0 unspecified atom stereocenters. The third-order valence-electron chi connectivity index (χ3n) is 3.11. The molecule has 0 bridgehead atoms. The number of aryl methyl sites for hydroxylation is 2. The summed E-state index contributed by atoms with van der Waals surface area (Å²) in [5.74, 6) is 0. The van der Waals surface area contributed by atoms with Crippen LogP contribution in [0.5, 0.6) is 0 Å². The first-order chi connectivity index (χ1) is 9.32. The molecule has 1 aromatic heterocycles. The van der Waals surface area contributed by atoms with E-state index in [1.54, 1.807) is 24.0 Å². The highest BCUT2D eigenvalue weighted by Crippen LogP contribution is 2.31. The number of pyridine rings is 1. The molecule has 2 rings (SSSR count). The van der Waals surface area contributed by atoms with Crippen molar-refractivity contribution in [2.45, 2.75) is 19.5 Å². The van der Waals surface area contributed by atoms with Gasteiger partial charge in [0.1, 0.15) is 0 Å². The van der Waals surface area contributed by atoms with E-state index in [0.29, 0.717) is 12.0 Å². The van der Waals surface area contributed by atoms with Gasteiger partial charge in [0.25, 0.3) is 0 Å². The fourth-order valence-corrected chi connectivity index (χ4v) is 2.10. The zero-order chi connectivity index (χ0) is 14.9. The lowest BCUT2D eigenvalue weighted by atomic mass is 10.0. The monoisotopic (exact) mass is 281 g/mol. The maximum atomic E-state index is 12.7. The molecule has 1 heterocycles. The summed E-state index contributed by atoms with van der Waals surface area (Å²) in [5, 5.41) is 0. The number of hydrogen-bond donors (Lipinski definition) is 0. The summed E-state index contributed by atoms with van der Waals surface area (Å²) in [4.78, 5) is 12.2. The zero-order valence-corrected chi connectivity index (χ0v) is 11.2. The first kappa shape index (κ1) is 14.4. The van der Waals surface area contributed by atoms with Crippen molar-refractivity contribution in [3.8, 4) is 11.1 Å². The molecule has 0 aliphatic carbocycles. The van der Waals surface area contributed by atoms with E-state index >= 15 is 0 Å². The van der Waals surface area contributed by atoms with Crippen LogP contribution in [0.3, 0.4) is 0 Å². The van der Waals surface area contributed by atoms with Crippen LogP contribution in [0.4, 0.5) is 13.2 Å². The van der Waals surface area contributed by atoms with Gasteiger partial charge in [-0.2, -0.15) is 13.2 Å². The third-order valence-corrected chi connectivity index (χ3v) is 3.11. The van der Waals surface area contributed by atoms with Crippen LogP contribution in [0.15, 0.2) is 41.5 Å². The first-order valence-electron chi connectivity index (χ1n) is 6.19. The van der Waals surface area contributed by atoms with Gasteiger partial charge in [-0.15, -0.1) is 0 Å². The third kappa shape index (κ3) is 2.76. The van der Waals surface area contributed by atoms with Gasteiger partial charge < -0.3 is 4.57 Å². The molecule has 1 aromatic carbocycles. The summed E-state index contributed by atoms with van der Waals surface area (Å²) < 4.78 is 39.9. The van der Waals surface area contributed by atoms with Crippen LogP contribution < -0.4 is 5.43 Å². The van der Waals surface area contributed by atoms with Crippen LogP contribution in [0.1, 0.15) is 18.1 Å². The SMILES string of the molecule is CCc1cn(C)cc(-c2cccc(C(F)(F)F)c2)c1=O. The van der Waals surface area contributed by atoms with Crippen LogP contribution in [0.25, 0.3) is 11.1 Å². The minimum atomic E-state index is -4.41. The summed E-state index contributed by atoms with van der Waals surface area (Å²) in [6.45, 7) is 1.84. The number of alkyl halides is 3. The van der Waals surface area contributed by atoms with Crippen LogP contribution in [0, 0.1) is 0 Å². The van der Waals surface area contributed by atoms with Crippen molar-refractivity contribution in [1.29, 1.82) is 0 Å². The van der Waals surface area contributed by atoms with E-state index in [0.717, 1.165) is 12.1 Å². The molecule has 0 aliphatic heterocycles. The predicted molar refractivity (Wildman–Crippen MR) is 71.5 cm³/mol. The molecule has 0 N–H and O–H groups in total. The summed E-state index contributed by atoms with van der Waals surface area (Å²) in [5.41, 5.74) is 0.194. The Morgan fingerprint density at radius 2 is 1.90 bits per heavy atom. The Labute approximate surface area is 114 Å². The summed E-state index contributed by atoms with van der Waals surface area (Å²) in [6, 6.07) is 4.84. The molecule has 5 heteroatoms. The molecule has 0 saturated carbocycles. The molecular weight excluding hydrogens is 267 g/mol. The Hall–Kier alpha value is -2.04. The second-order valence-corrected chi connectivity index (χ2v) is 4.62. The number of halogens is 3. The molecule has 0 fully saturated rings. The Kier molecular flexibility index (Phi) is 3.70. The van der Waals surface area contributed by atoms with Gasteiger partial charge in [0.05, 0.1) is 5.56 Å². The average molecular weight is 281 g/mol. The van der Waals surface area contributed by atoms with Crippen molar-refractivity contribution >= 4 is 0 Å². The van der Waals surface area contributed by atoms with Gasteiger partial charge in [0, 0.05) is 30.6 Å². The van der Waals surface area contributed by atoms with E-state index in [1.807, 2.05) is 6.92 Å². The molecule has 0 spiro atoms. The Morgan fingerprint density at radius 3 is 2.50 bits per heavy atom. The van der Waals surface area contributed by atoms with Gasteiger partial charge in [-0.05, 0) is 24.1 Å². The lowest BCUT2D eigenvalue weighted by molar-refractivity contribution is -0.137. The second kappa shape index (κ2) is 5.15. The van der Waals surface area contributed by atoms with E-state index < -0.39 is 11.7 Å². The van der Waals surface area contributed by atoms with Crippen molar-refractivity contribution in [2.24, 2.45) is 7.05 Å². The van der Waals surface area contributed by atoms with E-state index in [-0.39, 0.29) is 16.6 Å². The topological polar surface area (TPSA) is 22.0 Å². The van der Waals surface area contributed by atoms with Crippen molar-refractivity contribution in [2.75, 3.05) is 0 Å². The Bertz CT molecular complexity index is 686. The van der Waals surface area contributed by atoms with Crippen LogP contribution in [0.2, 0.25) is 0 Å². The standard InChI is InChI=1S/C15H14F3NO/c1-3-10-8-19(2)9-13(14(10)20)11-5-4-6-12(7-11)15(16,17)18/h4-9H,3H2,1-2H3. The quantitative estimate of drug-likeness (QED) is 0.824. The predicted octanol–water partition coefficient (Wildman–Crippen LogP) is 3.63. The number of benzene rings is 1. The summed E-state index contributed by atoms with van der Waals surface area (Å²) >= 11 is 0. The Morgan fingerprint density at radius 1 is 1.20 bits per heavy atom. The normalized spacial score (nSPS) is 11.7. The first-order valence-corrected chi connectivity index (χ1v) is 6.19. The molecule has 0 saturated heterocycles. The zero-order valence-electron chi connectivity index (χ0n) is 11.2. The molecule has 0 aliphatic rings. The van der Waals surface area contributed by atoms with Crippen molar-refractivity contribution in [1.82, 2.24) is 4.57 Å². The van der Waals surface area contributed by atoms with Gasteiger partial charge in [-0.3, -0.25) is 4.79 Å². The fraction of sp³-hybridized carbons (Fsp3) is 0.267. The van der Waals surface area contributed by atoms with Crippen molar-refractivity contribution in [3.63, 3.8) is 0 Å². The molecule has 0 amide bonds. The second-order valence-electron chi connectivity index (χ2n) is 4.62. The number of nitrogens with zero attached hydrogens (tertiary/aromatic N) is 1. The van der Waals surface area contributed by atoms with Gasteiger partial charge in [0.15, 0.2) is 5.43 Å². The van der Waals surface area contributed by atoms with Gasteiger partial charge in [0.2, 0.25) is 0 Å². The number of hydrogen-bond acceptors (Lipinski definition) is 1. The highest BCUT2D eigenvalue weighted by Gasteiger charge is 2.30. The highest BCUT2D eigenvalue weighted by atomic mass is 19.4. The minimum absolute atomic E-state index is 0.218. The van der Waals surface area contributed by atoms with Crippen molar-refractivity contribution < 1.29 is 13.2 Å². The minimum Gasteiger partial charge on any atom is -0.356 e. The highest BCUT2D eigenvalue weighted by molar-refractivity contribution is 5.64. The van der Waals surface area contributed by atoms with Crippen LogP contribution in [-0.4, -0.2) is 4.57 Å². The summed E-state index contributed by atoms with van der Waals surface area (Å²) in [6.07, 6.45) is -0.625. The fourth-order valence-electron chi connectivity index (χ4n) is 2.10. The van der Waals surface area contributed by atoms with E-state index in [4.69, 9.17) is 0 Å². The lowest BCUT2D eigenvalue weighted by Crippen LogP contribution is -2.14. The lowest BCUT2D eigenvalue weighted by Gasteiger charge is -2.10. The van der Waals surface area contributed by atoms with Gasteiger partial charge >= 0.3 is 6.18 Å². The number of rotatable bonds is 2. The smallest absolute Gasteiger partial charge is 0.356 e. The van der Waals surface area contributed by atoms with Crippen LogP contribution in [-0.2, 0) is 19.6 Å². The molecule has 2 aromatic rings. The number of aromatic nitrogens is 1. The van der Waals surface area contributed by atoms with Crippen molar-refractivity contribution in [3.05, 3.63) is 58.0 Å². The van der Waals surface area contributed by atoms with Crippen LogP contribution >= 0.6 is 0 Å². The molecule has 0 radical (unpaired) electrons. The Balaban J connectivity index is 2.63. The average Bonchev–Trinajstić information content (AvgIpc) is 2.40. The molecular formula is C15H14F3NO. The maximum absolute atomic E-state index is 12.7. The molecule has 0 atom stereocenters. The molecule has 2 nitrogen and oxygen atoms in total. The van der Waals surface area contributed by atoms with Gasteiger partial charge in [-0.1, -0.05) is 19.1 Å². The van der Waals surface area contributed by atoms with E-state index in [9.17, 15) is 18.0 Å². The van der Waals surface area contributed by atoms with E-state index in [2.05, 4.69) is 0 Å². The largest absolute Gasteiger partial charge is 0.416 e.